The van der Waals surface area contributed by atoms with E-state index in [1.807, 2.05) is 12.1 Å². The number of carbonyl (C=O) groups is 1. The summed E-state index contributed by atoms with van der Waals surface area (Å²) in [7, 11) is 1.35. The van der Waals surface area contributed by atoms with Gasteiger partial charge in [0.05, 0.1) is 19.9 Å². The molecule has 76 valence electrons. The lowest BCUT2D eigenvalue weighted by molar-refractivity contribution is -0.134. The Kier molecular flexibility index (Phi) is 3.79. The second-order valence-electron chi connectivity index (χ2n) is 2.78. The van der Waals surface area contributed by atoms with Crippen LogP contribution >= 0.6 is 0 Å². The molecule has 1 aromatic heterocycles. The zero-order valence-electron chi connectivity index (χ0n) is 8.24. The summed E-state index contributed by atoms with van der Waals surface area (Å²) in [6, 6.07) is 3.68. The second kappa shape index (κ2) is 5.11. The quantitative estimate of drug-likeness (QED) is 0.583. The first-order chi connectivity index (χ1) is 6.72. The molecule has 0 unspecified atom stereocenters. The van der Waals surface area contributed by atoms with Gasteiger partial charge in [-0.15, -0.1) is 0 Å². The maximum absolute atomic E-state index is 10.8. The van der Waals surface area contributed by atoms with Gasteiger partial charge >= 0.3 is 5.97 Å². The Morgan fingerprint density at radius 2 is 2.50 bits per heavy atom. The van der Waals surface area contributed by atoms with Crippen LogP contribution in [0.15, 0.2) is 34.6 Å². The van der Waals surface area contributed by atoms with Crippen molar-refractivity contribution in [3.05, 3.63) is 35.9 Å². The highest BCUT2D eigenvalue weighted by Gasteiger charge is 1.97. The van der Waals surface area contributed by atoms with Crippen molar-refractivity contribution in [2.45, 2.75) is 13.5 Å². The van der Waals surface area contributed by atoms with Gasteiger partial charge in [-0.3, -0.25) is 0 Å². The first-order valence-corrected chi connectivity index (χ1v) is 4.25. The van der Waals surface area contributed by atoms with E-state index in [0.717, 1.165) is 11.5 Å². The minimum Gasteiger partial charge on any atom is -0.467 e. The van der Waals surface area contributed by atoms with Crippen LogP contribution in [0.4, 0.5) is 0 Å². The summed E-state index contributed by atoms with van der Waals surface area (Å²) >= 11 is 0. The van der Waals surface area contributed by atoms with Crippen LogP contribution in [0.3, 0.4) is 0 Å². The highest BCUT2D eigenvalue weighted by Crippen LogP contribution is 2.00. The van der Waals surface area contributed by atoms with E-state index in [1.54, 1.807) is 13.2 Å². The van der Waals surface area contributed by atoms with E-state index in [1.165, 1.54) is 13.2 Å². The van der Waals surface area contributed by atoms with E-state index >= 15 is 0 Å². The molecule has 1 aromatic rings. The molecular weight excluding hydrogens is 182 g/mol. The number of ether oxygens (including phenoxy) is 1. The fourth-order valence-electron chi connectivity index (χ4n) is 0.926. The molecule has 0 spiro atoms. The van der Waals surface area contributed by atoms with Crippen molar-refractivity contribution in [1.29, 1.82) is 0 Å². The predicted molar refractivity (Wildman–Crippen MR) is 51.3 cm³/mol. The fraction of sp³-hybridized carbons (Fsp3) is 0.300. The van der Waals surface area contributed by atoms with Gasteiger partial charge in [-0.2, -0.15) is 0 Å². The Hall–Kier alpha value is -1.71. The summed E-state index contributed by atoms with van der Waals surface area (Å²) in [5.41, 5.74) is 0.744. The van der Waals surface area contributed by atoms with Gasteiger partial charge in [-0.1, -0.05) is 0 Å². The average molecular weight is 195 g/mol. The molecule has 0 aliphatic carbocycles. The molecule has 1 N–H and O–H groups in total. The lowest BCUT2D eigenvalue weighted by atomic mass is 10.4. The lowest BCUT2D eigenvalue weighted by Gasteiger charge is -2.03. The van der Waals surface area contributed by atoms with Gasteiger partial charge in [-0.25, -0.2) is 4.79 Å². The molecule has 0 atom stereocenters. The highest BCUT2D eigenvalue weighted by molar-refractivity contribution is 5.82. The number of hydrogen-bond donors (Lipinski definition) is 1. The predicted octanol–water partition coefficient (Wildman–Crippen LogP) is 1.45. The monoisotopic (exact) mass is 195 g/mol. The molecule has 1 rings (SSSR count). The molecule has 4 nitrogen and oxygen atoms in total. The number of furan rings is 1. The Balaban J connectivity index is 2.38. The van der Waals surface area contributed by atoms with Crippen LogP contribution in [-0.2, 0) is 16.1 Å². The number of methoxy groups -OCH3 is 1. The van der Waals surface area contributed by atoms with Gasteiger partial charge in [0.25, 0.3) is 0 Å². The number of nitrogens with one attached hydrogen (secondary N) is 1. The minimum atomic E-state index is -0.366. The highest BCUT2D eigenvalue weighted by atomic mass is 16.5. The zero-order chi connectivity index (χ0) is 10.4. The summed E-state index contributed by atoms with van der Waals surface area (Å²) in [4.78, 5) is 10.8. The molecular formula is C10H13NO3. The van der Waals surface area contributed by atoms with Crippen molar-refractivity contribution in [3.63, 3.8) is 0 Å². The Morgan fingerprint density at radius 3 is 3.07 bits per heavy atom. The van der Waals surface area contributed by atoms with E-state index in [0.29, 0.717) is 6.54 Å². The van der Waals surface area contributed by atoms with Crippen molar-refractivity contribution >= 4 is 5.97 Å². The van der Waals surface area contributed by atoms with E-state index in [4.69, 9.17) is 4.42 Å². The molecule has 1 heterocycles. The number of carbonyl (C=O) groups excluding carboxylic acids is 1. The third kappa shape index (κ3) is 3.35. The van der Waals surface area contributed by atoms with Crippen LogP contribution in [0.5, 0.6) is 0 Å². The Morgan fingerprint density at radius 1 is 1.71 bits per heavy atom. The van der Waals surface area contributed by atoms with Crippen LogP contribution in [0, 0.1) is 0 Å². The van der Waals surface area contributed by atoms with Gasteiger partial charge in [0.2, 0.25) is 0 Å². The van der Waals surface area contributed by atoms with Gasteiger partial charge in [0.15, 0.2) is 0 Å². The number of esters is 1. The van der Waals surface area contributed by atoms with Gasteiger partial charge < -0.3 is 14.5 Å². The standard InChI is InChI=1S/C10H13NO3/c1-8(6-10(12)13-2)11-7-9-4-3-5-14-9/h3-6,11H,7H2,1-2H3. The smallest absolute Gasteiger partial charge is 0.332 e. The molecule has 0 radical (unpaired) electrons. The molecule has 0 saturated carbocycles. The Bertz CT molecular complexity index is 314. The minimum absolute atomic E-state index is 0.366. The summed E-state index contributed by atoms with van der Waals surface area (Å²) in [5.74, 6) is 0.456. The average Bonchev–Trinajstić information content (AvgIpc) is 2.67. The van der Waals surface area contributed by atoms with Gasteiger partial charge in [0, 0.05) is 11.8 Å². The first-order valence-electron chi connectivity index (χ1n) is 4.25. The summed E-state index contributed by atoms with van der Waals surface area (Å²) in [6.45, 7) is 2.35. The van der Waals surface area contributed by atoms with Gasteiger partial charge in [0.1, 0.15) is 5.76 Å². The third-order valence-corrected chi connectivity index (χ3v) is 1.66. The number of rotatable bonds is 4. The maximum Gasteiger partial charge on any atom is 0.332 e. The summed E-state index contributed by atoms with van der Waals surface area (Å²) < 4.78 is 9.59. The molecule has 0 aliphatic rings. The van der Waals surface area contributed by atoms with Crippen LogP contribution in [0.2, 0.25) is 0 Å². The van der Waals surface area contributed by atoms with Crippen LogP contribution in [-0.4, -0.2) is 13.1 Å². The molecule has 0 fully saturated rings. The molecule has 14 heavy (non-hydrogen) atoms. The fourth-order valence-corrected chi connectivity index (χ4v) is 0.926. The van der Waals surface area contributed by atoms with Crippen molar-refractivity contribution in [3.8, 4) is 0 Å². The summed E-state index contributed by atoms with van der Waals surface area (Å²) in [5, 5.41) is 3.02. The van der Waals surface area contributed by atoms with E-state index in [2.05, 4.69) is 10.1 Å². The first kappa shape index (κ1) is 10.4. The maximum atomic E-state index is 10.8. The molecule has 0 saturated heterocycles. The second-order valence-corrected chi connectivity index (χ2v) is 2.78. The van der Waals surface area contributed by atoms with Crippen molar-refractivity contribution in [1.82, 2.24) is 5.32 Å². The number of allylic oxidation sites excluding steroid dienone is 1. The van der Waals surface area contributed by atoms with Crippen molar-refractivity contribution < 1.29 is 13.9 Å². The molecule has 0 aromatic carbocycles. The molecule has 4 heteroatoms. The van der Waals surface area contributed by atoms with Crippen molar-refractivity contribution in [2.75, 3.05) is 7.11 Å². The van der Waals surface area contributed by atoms with E-state index in [-0.39, 0.29) is 5.97 Å². The number of hydrogen-bond acceptors (Lipinski definition) is 4. The molecule has 0 bridgehead atoms. The van der Waals surface area contributed by atoms with E-state index < -0.39 is 0 Å². The van der Waals surface area contributed by atoms with Crippen LogP contribution in [0.1, 0.15) is 12.7 Å². The largest absolute Gasteiger partial charge is 0.467 e. The van der Waals surface area contributed by atoms with E-state index in [9.17, 15) is 4.79 Å². The summed E-state index contributed by atoms with van der Waals surface area (Å²) in [6.07, 6.45) is 3.00. The van der Waals surface area contributed by atoms with Gasteiger partial charge in [-0.05, 0) is 19.1 Å². The van der Waals surface area contributed by atoms with Crippen molar-refractivity contribution in [2.24, 2.45) is 0 Å². The molecule has 0 amide bonds. The van der Waals surface area contributed by atoms with Crippen LogP contribution in [0.25, 0.3) is 0 Å². The lowest BCUT2D eigenvalue weighted by Crippen LogP contribution is -2.11. The SMILES string of the molecule is COC(=O)C=C(C)NCc1ccco1. The topological polar surface area (TPSA) is 51.5 Å². The molecule has 0 aliphatic heterocycles. The van der Waals surface area contributed by atoms with Crippen LogP contribution < -0.4 is 5.32 Å². The Labute approximate surface area is 82.6 Å². The third-order valence-electron chi connectivity index (χ3n) is 1.66. The zero-order valence-corrected chi connectivity index (χ0v) is 8.24. The normalized spacial score (nSPS) is 11.1.